The Kier molecular flexibility index (Phi) is 5.18. The highest BCUT2D eigenvalue weighted by Crippen LogP contribution is 2.25. The lowest BCUT2D eigenvalue weighted by Crippen LogP contribution is -2.35. The molecule has 1 fully saturated rings. The van der Waals surface area contributed by atoms with E-state index in [4.69, 9.17) is 9.47 Å². The fourth-order valence-corrected chi connectivity index (χ4v) is 2.76. The predicted octanol–water partition coefficient (Wildman–Crippen LogP) is 2.62. The summed E-state index contributed by atoms with van der Waals surface area (Å²) in [5.41, 5.74) is 1.44. The van der Waals surface area contributed by atoms with E-state index in [2.05, 4.69) is 5.32 Å². The summed E-state index contributed by atoms with van der Waals surface area (Å²) in [7, 11) is 1.52. The van der Waals surface area contributed by atoms with Crippen molar-refractivity contribution >= 4 is 12.0 Å². The fraction of sp³-hybridized carbons (Fsp3) is 0.263. The summed E-state index contributed by atoms with van der Waals surface area (Å²) in [5.74, 6) is 0.286. The van der Waals surface area contributed by atoms with Crippen LogP contribution in [0, 0.1) is 0 Å². The van der Waals surface area contributed by atoms with Crippen molar-refractivity contribution in [1.29, 1.82) is 0 Å². The first-order valence-electron chi connectivity index (χ1n) is 8.11. The van der Waals surface area contributed by atoms with E-state index in [9.17, 15) is 9.59 Å². The Balaban J connectivity index is 1.52. The molecule has 0 spiro atoms. The summed E-state index contributed by atoms with van der Waals surface area (Å²) < 4.78 is 10.6. The molecule has 1 unspecified atom stereocenters. The normalized spacial score (nSPS) is 16.4. The number of amides is 2. The highest BCUT2D eigenvalue weighted by molar-refractivity contribution is 5.96. The van der Waals surface area contributed by atoms with Gasteiger partial charge in [-0.15, -0.1) is 0 Å². The second-order valence-electron chi connectivity index (χ2n) is 5.69. The smallest absolute Gasteiger partial charge is 0.410 e. The predicted molar refractivity (Wildman–Crippen MR) is 92.6 cm³/mol. The maximum Gasteiger partial charge on any atom is 0.410 e. The lowest BCUT2D eigenvalue weighted by atomic mass is 10.1. The first-order valence-corrected chi connectivity index (χ1v) is 8.11. The number of rotatable bonds is 6. The largest absolute Gasteiger partial charge is 0.496 e. The van der Waals surface area contributed by atoms with Gasteiger partial charge in [0.1, 0.15) is 11.9 Å². The third-order valence-electron chi connectivity index (χ3n) is 4.08. The Morgan fingerprint density at radius 3 is 2.68 bits per heavy atom. The number of benzene rings is 2. The van der Waals surface area contributed by atoms with Gasteiger partial charge >= 0.3 is 6.09 Å². The topological polar surface area (TPSA) is 67.9 Å². The van der Waals surface area contributed by atoms with E-state index >= 15 is 0 Å². The first kappa shape index (κ1) is 16.8. The Morgan fingerprint density at radius 1 is 1.20 bits per heavy atom. The van der Waals surface area contributed by atoms with Crippen LogP contribution in [0.15, 0.2) is 54.6 Å². The van der Waals surface area contributed by atoms with Gasteiger partial charge in [0.25, 0.3) is 5.91 Å². The molecule has 2 aromatic carbocycles. The zero-order valence-electron chi connectivity index (χ0n) is 14.0. The Bertz CT molecular complexity index is 748. The fourth-order valence-electron chi connectivity index (χ4n) is 2.76. The SMILES string of the molecule is COc1ccccc1C(=O)NCCN1CC(c2ccccc2)OC1=O. The Hall–Kier alpha value is -3.02. The minimum Gasteiger partial charge on any atom is -0.496 e. The van der Waals surface area contributed by atoms with Gasteiger partial charge in [-0.3, -0.25) is 4.79 Å². The molecule has 6 heteroatoms. The van der Waals surface area contributed by atoms with Gasteiger partial charge in [0.05, 0.1) is 19.2 Å². The molecule has 2 amide bonds. The molecule has 0 bridgehead atoms. The zero-order valence-corrected chi connectivity index (χ0v) is 14.0. The van der Waals surface area contributed by atoms with Crippen LogP contribution in [-0.2, 0) is 4.74 Å². The van der Waals surface area contributed by atoms with Gasteiger partial charge in [-0.2, -0.15) is 0 Å². The van der Waals surface area contributed by atoms with Crippen molar-refractivity contribution < 1.29 is 19.1 Å². The molecule has 1 heterocycles. The third kappa shape index (κ3) is 3.91. The van der Waals surface area contributed by atoms with Crippen molar-refractivity contribution in [1.82, 2.24) is 10.2 Å². The molecule has 0 saturated carbocycles. The Morgan fingerprint density at radius 2 is 1.92 bits per heavy atom. The van der Waals surface area contributed by atoms with Gasteiger partial charge in [0.15, 0.2) is 0 Å². The summed E-state index contributed by atoms with van der Waals surface area (Å²) >= 11 is 0. The summed E-state index contributed by atoms with van der Waals surface area (Å²) in [6.45, 7) is 1.21. The van der Waals surface area contributed by atoms with Gasteiger partial charge in [-0.05, 0) is 17.7 Å². The first-order chi connectivity index (χ1) is 12.2. The van der Waals surface area contributed by atoms with Crippen LogP contribution in [-0.4, -0.2) is 43.6 Å². The maximum absolute atomic E-state index is 12.2. The molecule has 1 atom stereocenters. The van der Waals surface area contributed by atoms with Crippen LogP contribution >= 0.6 is 0 Å². The minimum atomic E-state index is -0.361. The molecule has 130 valence electrons. The number of carbonyl (C=O) groups is 2. The highest BCUT2D eigenvalue weighted by Gasteiger charge is 2.31. The quantitative estimate of drug-likeness (QED) is 0.878. The zero-order chi connectivity index (χ0) is 17.6. The molecule has 0 radical (unpaired) electrons. The minimum absolute atomic E-state index is 0.232. The number of nitrogens with one attached hydrogen (secondary N) is 1. The lowest BCUT2D eigenvalue weighted by molar-refractivity contribution is 0.0945. The summed E-state index contributed by atoms with van der Waals surface area (Å²) in [5, 5.41) is 2.81. The second kappa shape index (κ2) is 7.70. The molecule has 2 aromatic rings. The van der Waals surface area contributed by atoms with E-state index < -0.39 is 0 Å². The molecule has 1 aliphatic rings. The van der Waals surface area contributed by atoms with Crippen molar-refractivity contribution in [2.24, 2.45) is 0 Å². The molecule has 0 aromatic heterocycles. The van der Waals surface area contributed by atoms with Crippen molar-refractivity contribution in [3.8, 4) is 5.75 Å². The van der Waals surface area contributed by atoms with Crippen molar-refractivity contribution in [2.45, 2.75) is 6.10 Å². The van der Waals surface area contributed by atoms with Gasteiger partial charge in [0.2, 0.25) is 0 Å². The van der Waals surface area contributed by atoms with Crippen LogP contribution in [0.1, 0.15) is 22.0 Å². The van der Waals surface area contributed by atoms with E-state index in [1.54, 1.807) is 29.2 Å². The number of hydrogen-bond acceptors (Lipinski definition) is 4. The lowest BCUT2D eigenvalue weighted by Gasteiger charge is -2.14. The third-order valence-corrected chi connectivity index (χ3v) is 4.08. The number of methoxy groups -OCH3 is 1. The molecule has 3 rings (SSSR count). The standard InChI is InChI=1S/C19H20N2O4/c1-24-16-10-6-5-9-15(16)18(22)20-11-12-21-13-17(25-19(21)23)14-7-3-2-4-8-14/h2-10,17H,11-13H2,1H3,(H,20,22). The molecular formula is C19H20N2O4. The molecular weight excluding hydrogens is 320 g/mol. The average Bonchev–Trinajstić information content (AvgIpc) is 3.03. The monoisotopic (exact) mass is 340 g/mol. The van der Waals surface area contributed by atoms with E-state index in [0.717, 1.165) is 5.56 Å². The molecule has 6 nitrogen and oxygen atoms in total. The van der Waals surface area contributed by atoms with Crippen LogP contribution in [0.25, 0.3) is 0 Å². The van der Waals surface area contributed by atoms with Crippen LogP contribution in [0.5, 0.6) is 5.75 Å². The highest BCUT2D eigenvalue weighted by atomic mass is 16.6. The van der Waals surface area contributed by atoms with Crippen LogP contribution in [0.3, 0.4) is 0 Å². The van der Waals surface area contributed by atoms with Crippen LogP contribution in [0.2, 0.25) is 0 Å². The number of cyclic esters (lactones) is 1. The number of carbonyl (C=O) groups excluding carboxylic acids is 2. The van der Waals surface area contributed by atoms with Crippen LogP contribution < -0.4 is 10.1 Å². The van der Waals surface area contributed by atoms with E-state index in [1.807, 2.05) is 30.3 Å². The summed E-state index contributed by atoms with van der Waals surface area (Å²) in [6.07, 6.45) is -0.626. The number of nitrogens with zero attached hydrogens (tertiary/aromatic N) is 1. The molecule has 1 N–H and O–H groups in total. The van der Waals surface area contributed by atoms with Gasteiger partial charge in [-0.25, -0.2) is 4.79 Å². The molecule has 25 heavy (non-hydrogen) atoms. The van der Waals surface area contributed by atoms with Crippen molar-refractivity contribution in [2.75, 3.05) is 26.7 Å². The van der Waals surface area contributed by atoms with Gasteiger partial charge in [-0.1, -0.05) is 42.5 Å². The second-order valence-corrected chi connectivity index (χ2v) is 5.69. The molecule has 1 saturated heterocycles. The average molecular weight is 340 g/mol. The maximum atomic E-state index is 12.2. The number of hydrogen-bond donors (Lipinski definition) is 1. The number of ether oxygens (including phenoxy) is 2. The van der Waals surface area contributed by atoms with Gasteiger partial charge in [0, 0.05) is 13.1 Å². The van der Waals surface area contributed by atoms with E-state index in [1.165, 1.54) is 7.11 Å². The van der Waals surface area contributed by atoms with E-state index in [0.29, 0.717) is 30.9 Å². The molecule has 1 aliphatic heterocycles. The van der Waals surface area contributed by atoms with Crippen LogP contribution in [0.4, 0.5) is 4.79 Å². The summed E-state index contributed by atoms with van der Waals surface area (Å²) in [4.78, 5) is 25.8. The molecule has 0 aliphatic carbocycles. The number of para-hydroxylation sites is 1. The summed E-state index contributed by atoms with van der Waals surface area (Å²) in [6, 6.07) is 16.6. The van der Waals surface area contributed by atoms with E-state index in [-0.39, 0.29) is 18.1 Å². The Labute approximate surface area is 146 Å². The van der Waals surface area contributed by atoms with Gasteiger partial charge < -0.3 is 19.7 Å². The van der Waals surface area contributed by atoms with Crippen molar-refractivity contribution in [3.63, 3.8) is 0 Å². The van der Waals surface area contributed by atoms with Crippen molar-refractivity contribution in [3.05, 3.63) is 65.7 Å².